The van der Waals surface area contributed by atoms with Gasteiger partial charge in [0.2, 0.25) is 5.91 Å². The van der Waals surface area contributed by atoms with Gasteiger partial charge in [0.05, 0.1) is 12.0 Å². The molecule has 6 heteroatoms. The Morgan fingerprint density at radius 3 is 2.42 bits per heavy atom. The number of amides is 1. The van der Waals surface area contributed by atoms with Crippen LogP contribution in [0.25, 0.3) is 0 Å². The highest BCUT2D eigenvalue weighted by molar-refractivity contribution is 8.00. The maximum atomic E-state index is 13.2. The molecular weight excluding hydrogens is 370 g/mol. The van der Waals surface area contributed by atoms with Crippen LogP contribution in [-0.4, -0.2) is 40.6 Å². The van der Waals surface area contributed by atoms with Crippen LogP contribution in [0.2, 0.25) is 0 Å². The van der Waals surface area contributed by atoms with E-state index in [4.69, 9.17) is 16.3 Å². The number of benzene rings is 1. The van der Waals surface area contributed by atoms with Gasteiger partial charge < -0.3 is 9.64 Å². The van der Waals surface area contributed by atoms with E-state index in [2.05, 4.69) is 13.8 Å². The topological polar surface area (TPSA) is 46.6 Å². The number of carbonyl (C=O) groups excluding carboxylic acids is 2. The van der Waals surface area contributed by atoms with Gasteiger partial charge in [-0.25, -0.2) is 4.79 Å². The minimum Gasteiger partial charge on any atom is -0.464 e. The van der Waals surface area contributed by atoms with Gasteiger partial charge in [-0.15, -0.1) is 23.4 Å². The molecule has 1 saturated heterocycles. The lowest BCUT2D eigenvalue weighted by molar-refractivity contribution is -0.155. The molecule has 1 aromatic rings. The first-order valence-electron chi connectivity index (χ1n) is 9.10. The third-order valence-electron chi connectivity index (χ3n) is 4.16. The zero-order valence-corrected chi connectivity index (χ0v) is 17.4. The third kappa shape index (κ3) is 5.40. The van der Waals surface area contributed by atoms with Crippen LogP contribution in [0.3, 0.4) is 0 Å². The molecule has 0 aliphatic carbocycles. The highest BCUT2D eigenvalue weighted by Gasteiger charge is 2.44. The Hall–Kier alpha value is -1.20. The molecule has 0 spiro atoms. The second kappa shape index (κ2) is 9.65. The highest BCUT2D eigenvalue weighted by Crippen LogP contribution is 2.37. The monoisotopic (exact) mass is 397 g/mol. The summed E-state index contributed by atoms with van der Waals surface area (Å²) in [6, 6.07) is 8.70. The van der Waals surface area contributed by atoms with Crippen molar-refractivity contribution >= 4 is 35.2 Å². The van der Waals surface area contributed by atoms with Crippen molar-refractivity contribution < 1.29 is 14.3 Å². The van der Waals surface area contributed by atoms with Crippen LogP contribution >= 0.6 is 23.4 Å². The second-order valence-electron chi connectivity index (χ2n) is 7.48. The van der Waals surface area contributed by atoms with E-state index in [0.717, 1.165) is 12.0 Å². The lowest BCUT2D eigenvalue weighted by Gasteiger charge is -2.31. The molecule has 1 aromatic carbocycles. The first-order valence-corrected chi connectivity index (χ1v) is 10.6. The van der Waals surface area contributed by atoms with Crippen molar-refractivity contribution in [1.29, 1.82) is 0 Å². The molecule has 1 aliphatic rings. The van der Waals surface area contributed by atoms with Gasteiger partial charge in [-0.1, -0.05) is 58.0 Å². The van der Waals surface area contributed by atoms with Crippen LogP contribution in [0.4, 0.5) is 0 Å². The van der Waals surface area contributed by atoms with Crippen molar-refractivity contribution in [3.63, 3.8) is 0 Å². The molecule has 0 aromatic heterocycles. The maximum absolute atomic E-state index is 13.2. The van der Waals surface area contributed by atoms with Crippen molar-refractivity contribution in [2.45, 2.75) is 50.9 Å². The lowest BCUT2D eigenvalue weighted by Crippen LogP contribution is -2.48. The number of ether oxygens (including phenoxy) is 1. The van der Waals surface area contributed by atoms with Crippen molar-refractivity contribution in [2.75, 3.05) is 12.4 Å². The molecule has 1 aliphatic heterocycles. The number of rotatable bonds is 7. The molecular formula is C20H28ClNO3S. The number of carbonyl (C=O) groups is 2. The van der Waals surface area contributed by atoms with Gasteiger partial charge in [0, 0.05) is 5.75 Å². The molecule has 1 heterocycles. The SMILES string of the molecule is CC(C)COC(=O)C1CSC(CC(C)C)N1C(=O)C(Cl)c1ccccc1. The zero-order valence-electron chi connectivity index (χ0n) is 15.9. The van der Waals surface area contributed by atoms with Crippen molar-refractivity contribution in [3.8, 4) is 0 Å². The van der Waals surface area contributed by atoms with Crippen LogP contribution in [-0.2, 0) is 14.3 Å². The molecule has 0 N–H and O–H groups in total. The molecule has 0 bridgehead atoms. The predicted molar refractivity (Wildman–Crippen MR) is 107 cm³/mol. The molecule has 2 rings (SSSR count). The second-order valence-corrected chi connectivity index (χ2v) is 9.12. The smallest absolute Gasteiger partial charge is 0.329 e. The van der Waals surface area contributed by atoms with E-state index in [1.807, 2.05) is 44.2 Å². The molecule has 1 fully saturated rings. The largest absolute Gasteiger partial charge is 0.464 e. The summed E-state index contributed by atoms with van der Waals surface area (Å²) in [5.41, 5.74) is 0.744. The maximum Gasteiger partial charge on any atom is 0.329 e. The Morgan fingerprint density at radius 2 is 1.85 bits per heavy atom. The third-order valence-corrected chi connectivity index (χ3v) is 5.91. The number of halogens is 1. The summed E-state index contributed by atoms with van der Waals surface area (Å²) in [5, 5.41) is -0.853. The predicted octanol–water partition coefficient (Wildman–Crippen LogP) is 4.48. The Kier molecular flexibility index (Phi) is 7.84. The van der Waals surface area contributed by atoms with Gasteiger partial charge in [-0.05, 0) is 23.8 Å². The van der Waals surface area contributed by atoms with E-state index in [9.17, 15) is 9.59 Å². The van der Waals surface area contributed by atoms with E-state index in [0.29, 0.717) is 18.3 Å². The minimum atomic E-state index is -0.801. The van der Waals surface area contributed by atoms with Crippen molar-refractivity contribution in [2.24, 2.45) is 11.8 Å². The van der Waals surface area contributed by atoms with E-state index in [1.54, 1.807) is 16.7 Å². The minimum absolute atomic E-state index is 0.0518. The summed E-state index contributed by atoms with van der Waals surface area (Å²) in [6.45, 7) is 8.57. The average Bonchev–Trinajstić information content (AvgIpc) is 3.01. The van der Waals surface area contributed by atoms with Crippen molar-refractivity contribution in [1.82, 2.24) is 4.90 Å². The quantitative estimate of drug-likeness (QED) is 0.502. The average molecular weight is 398 g/mol. The standard InChI is InChI=1S/C20H28ClNO3S/c1-13(2)10-17-22(16(12-26-17)20(24)25-11-14(3)4)19(23)18(21)15-8-6-5-7-9-15/h5-9,13-14,16-18H,10-12H2,1-4H3. The Balaban J connectivity index is 2.20. The number of esters is 1. The number of hydrogen-bond donors (Lipinski definition) is 0. The molecule has 144 valence electrons. The fraction of sp³-hybridized carbons (Fsp3) is 0.600. The summed E-state index contributed by atoms with van der Waals surface area (Å²) in [7, 11) is 0. The fourth-order valence-electron chi connectivity index (χ4n) is 2.87. The van der Waals surface area contributed by atoms with Gasteiger partial charge in [-0.2, -0.15) is 0 Å². The van der Waals surface area contributed by atoms with Gasteiger partial charge >= 0.3 is 5.97 Å². The highest BCUT2D eigenvalue weighted by atomic mass is 35.5. The number of alkyl halides is 1. The Labute approximate surface area is 165 Å². The van der Waals surface area contributed by atoms with Crippen molar-refractivity contribution in [3.05, 3.63) is 35.9 Å². The van der Waals surface area contributed by atoms with Crippen LogP contribution in [0, 0.1) is 11.8 Å². The first kappa shape index (κ1) is 21.1. The number of hydrogen-bond acceptors (Lipinski definition) is 4. The molecule has 0 saturated carbocycles. The summed E-state index contributed by atoms with van der Waals surface area (Å²) < 4.78 is 5.42. The van der Waals surface area contributed by atoms with E-state index >= 15 is 0 Å². The van der Waals surface area contributed by atoms with Crippen LogP contribution in [0.15, 0.2) is 30.3 Å². The number of nitrogens with zero attached hydrogens (tertiary/aromatic N) is 1. The van der Waals surface area contributed by atoms with E-state index in [1.165, 1.54) is 0 Å². The summed E-state index contributed by atoms with van der Waals surface area (Å²) >= 11 is 8.12. The summed E-state index contributed by atoms with van der Waals surface area (Å²) in [6.07, 6.45) is 0.822. The normalized spacial score (nSPS) is 21.3. The van der Waals surface area contributed by atoms with Gasteiger partial charge in [-0.3, -0.25) is 4.79 Å². The Bertz CT molecular complexity index is 608. The van der Waals surface area contributed by atoms with E-state index < -0.39 is 11.4 Å². The number of thioether (sulfide) groups is 1. The van der Waals surface area contributed by atoms with Crippen LogP contribution < -0.4 is 0 Å². The fourth-order valence-corrected chi connectivity index (χ4v) is 4.76. The molecule has 0 radical (unpaired) electrons. The molecule has 26 heavy (non-hydrogen) atoms. The lowest BCUT2D eigenvalue weighted by atomic mass is 10.1. The van der Waals surface area contributed by atoms with E-state index in [-0.39, 0.29) is 23.2 Å². The Morgan fingerprint density at radius 1 is 1.19 bits per heavy atom. The first-order chi connectivity index (χ1) is 12.3. The summed E-state index contributed by atoms with van der Waals surface area (Å²) in [5.74, 6) is 0.675. The van der Waals surface area contributed by atoms with Crippen LogP contribution in [0.1, 0.15) is 45.1 Å². The van der Waals surface area contributed by atoms with Crippen LogP contribution in [0.5, 0.6) is 0 Å². The zero-order chi connectivity index (χ0) is 19.3. The van der Waals surface area contributed by atoms with Gasteiger partial charge in [0.25, 0.3) is 0 Å². The molecule has 3 unspecified atom stereocenters. The molecule has 3 atom stereocenters. The molecule has 1 amide bonds. The molecule has 4 nitrogen and oxygen atoms in total. The summed E-state index contributed by atoms with van der Waals surface area (Å²) in [4.78, 5) is 27.4. The van der Waals surface area contributed by atoms with Gasteiger partial charge in [0.1, 0.15) is 11.4 Å². The van der Waals surface area contributed by atoms with Gasteiger partial charge in [0.15, 0.2) is 0 Å².